The molecule has 0 bridgehead atoms. The van der Waals surface area contributed by atoms with E-state index in [9.17, 15) is 8.78 Å². The Balaban J connectivity index is 2.83. The van der Waals surface area contributed by atoms with Crippen molar-refractivity contribution in [2.24, 2.45) is 5.73 Å². The van der Waals surface area contributed by atoms with Gasteiger partial charge in [-0.3, -0.25) is 0 Å². The van der Waals surface area contributed by atoms with E-state index in [1.807, 2.05) is 0 Å². The molecule has 72 valence electrons. The van der Waals surface area contributed by atoms with Crippen molar-refractivity contribution in [3.63, 3.8) is 0 Å². The van der Waals surface area contributed by atoms with Crippen molar-refractivity contribution in [2.45, 2.75) is 13.0 Å². The Morgan fingerprint density at radius 2 is 2.15 bits per heavy atom. The Bertz CT molecular complexity index is 291. The summed E-state index contributed by atoms with van der Waals surface area (Å²) in [5, 5.41) is 0. The first-order valence-electron chi connectivity index (χ1n) is 3.96. The van der Waals surface area contributed by atoms with Crippen LogP contribution < -0.4 is 10.5 Å². The standard InChI is InChI=1S/C9H11F2NO/c1-6(5-12)13-8-4-2-3-7(10)9(8)11/h2-4,6H,5,12H2,1H3. The molecule has 0 saturated carbocycles. The lowest BCUT2D eigenvalue weighted by Gasteiger charge is -2.12. The van der Waals surface area contributed by atoms with Gasteiger partial charge >= 0.3 is 0 Å². The molecule has 0 aliphatic rings. The molecule has 0 radical (unpaired) electrons. The maximum absolute atomic E-state index is 13.0. The molecular formula is C9H11F2NO. The fourth-order valence-corrected chi connectivity index (χ4v) is 0.840. The predicted octanol–water partition coefficient (Wildman–Crippen LogP) is 1.69. The van der Waals surface area contributed by atoms with Gasteiger partial charge in [0.15, 0.2) is 11.6 Å². The lowest BCUT2D eigenvalue weighted by molar-refractivity contribution is 0.216. The van der Waals surface area contributed by atoms with Gasteiger partial charge in [-0.15, -0.1) is 0 Å². The van der Waals surface area contributed by atoms with Gasteiger partial charge in [0.25, 0.3) is 0 Å². The minimum absolute atomic E-state index is 0.0991. The average Bonchev–Trinajstić information content (AvgIpc) is 2.13. The van der Waals surface area contributed by atoms with E-state index >= 15 is 0 Å². The average molecular weight is 187 g/mol. The largest absolute Gasteiger partial charge is 0.486 e. The van der Waals surface area contributed by atoms with Crippen LogP contribution in [0.2, 0.25) is 0 Å². The lowest BCUT2D eigenvalue weighted by atomic mass is 10.3. The number of hydrogen-bond donors (Lipinski definition) is 1. The van der Waals surface area contributed by atoms with Crippen molar-refractivity contribution in [2.75, 3.05) is 6.54 Å². The molecule has 1 aromatic rings. The van der Waals surface area contributed by atoms with E-state index in [4.69, 9.17) is 10.5 Å². The Kier molecular flexibility index (Phi) is 3.19. The van der Waals surface area contributed by atoms with Crippen LogP contribution in [-0.4, -0.2) is 12.6 Å². The van der Waals surface area contributed by atoms with E-state index in [2.05, 4.69) is 0 Å². The molecule has 2 nitrogen and oxygen atoms in total. The SMILES string of the molecule is CC(CN)Oc1cccc(F)c1F. The van der Waals surface area contributed by atoms with Gasteiger partial charge in [0, 0.05) is 6.54 Å². The Labute approximate surface area is 75.3 Å². The van der Waals surface area contributed by atoms with Gasteiger partial charge in [0.2, 0.25) is 5.82 Å². The second-order valence-corrected chi connectivity index (χ2v) is 2.72. The molecule has 1 unspecified atom stereocenters. The van der Waals surface area contributed by atoms with Gasteiger partial charge in [0.1, 0.15) is 6.10 Å². The first-order chi connectivity index (χ1) is 6.15. The van der Waals surface area contributed by atoms with E-state index in [0.717, 1.165) is 6.07 Å². The number of halogens is 2. The molecule has 0 aliphatic carbocycles. The minimum atomic E-state index is -0.970. The zero-order valence-corrected chi connectivity index (χ0v) is 7.26. The third kappa shape index (κ3) is 2.39. The van der Waals surface area contributed by atoms with Gasteiger partial charge < -0.3 is 10.5 Å². The molecule has 0 amide bonds. The maximum Gasteiger partial charge on any atom is 0.200 e. The van der Waals surface area contributed by atoms with Gasteiger partial charge in [-0.1, -0.05) is 6.07 Å². The summed E-state index contributed by atoms with van der Waals surface area (Å²) in [4.78, 5) is 0. The van der Waals surface area contributed by atoms with Crippen LogP contribution in [0.1, 0.15) is 6.92 Å². The fourth-order valence-electron chi connectivity index (χ4n) is 0.840. The molecule has 0 fully saturated rings. The zero-order chi connectivity index (χ0) is 9.84. The first-order valence-corrected chi connectivity index (χ1v) is 3.96. The van der Waals surface area contributed by atoms with Crippen LogP contribution in [-0.2, 0) is 0 Å². The van der Waals surface area contributed by atoms with E-state index in [0.29, 0.717) is 0 Å². The summed E-state index contributed by atoms with van der Waals surface area (Å²) in [6.45, 7) is 1.94. The molecule has 0 spiro atoms. The third-order valence-corrected chi connectivity index (χ3v) is 1.58. The second kappa shape index (κ2) is 4.18. The molecule has 13 heavy (non-hydrogen) atoms. The molecule has 4 heteroatoms. The van der Waals surface area contributed by atoms with Gasteiger partial charge in [-0.05, 0) is 19.1 Å². The number of rotatable bonds is 3. The Morgan fingerprint density at radius 3 is 2.77 bits per heavy atom. The summed E-state index contributed by atoms with van der Waals surface area (Å²) in [5.74, 6) is -1.98. The van der Waals surface area contributed by atoms with Crippen molar-refractivity contribution in [3.8, 4) is 5.75 Å². The highest BCUT2D eigenvalue weighted by Gasteiger charge is 2.10. The molecule has 0 heterocycles. The van der Waals surface area contributed by atoms with Crippen LogP contribution in [0.5, 0.6) is 5.75 Å². The summed E-state index contributed by atoms with van der Waals surface area (Å²) in [7, 11) is 0. The van der Waals surface area contributed by atoms with Crippen molar-refractivity contribution < 1.29 is 13.5 Å². The summed E-state index contributed by atoms with van der Waals surface area (Å²) in [5.41, 5.74) is 5.27. The summed E-state index contributed by atoms with van der Waals surface area (Å²) in [6.07, 6.45) is -0.323. The Morgan fingerprint density at radius 1 is 1.46 bits per heavy atom. The minimum Gasteiger partial charge on any atom is -0.486 e. The summed E-state index contributed by atoms with van der Waals surface area (Å²) in [6, 6.07) is 3.79. The highest BCUT2D eigenvalue weighted by molar-refractivity contribution is 5.25. The summed E-state index contributed by atoms with van der Waals surface area (Å²) < 4.78 is 30.6. The number of hydrogen-bond acceptors (Lipinski definition) is 2. The van der Waals surface area contributed by atoms with Crippen molar-refractivity contribution in [1.29, 1.82) is 0 Å². The fraction of sp³-hybridized carbons (Fsp3) is 0.333. The quantitative estimate of drug-likeness (QED) is 0.781. The molecule has 1 rings (SSSR count). The molecule has 1 atom stereocenters. The van der Waals surface area contributed by atoms with Gasteiger partial charge in [-0.25, -0.2) is 4.39 Å². The van der Waals surface area contributed by atoms with Crippen LogP contribution in [0.25, 0.3) is 0 Å². The normalized spacial score (nSPS) is 12.6. The molecular weight excluding hydrogens is 176 g/mol. The highest BCUT2D eigenvalue weighted by Crippen LogP contribution is 2.19. The maximum atomic E-state index is 13.0. The van der Waals surface area contributed by atoms with Crippen molar-refractivity contribution in [1.82, 2.24) is 0 Å². The molecule has 0 aromatic heterocycles. The van der Waals surface area contributed by atoms with Crippen molar-refractivity contribution >= 4 is 0 Å². The third-order valence-electron chi connectivity index (χ3n) is 1.58. The van der Waals surface area contributed by atoms with E-state index in [1.165, 1.54) is 12.1 Å². The number of nitrogens with two attached hydrogens (primary N) is 1. The van der Waals surface area contributed by atoms with Crippen LogP contribution in [0, 0.1) is 11.6 Å². The monoisotopic (exact) mass is 187 g/mol. The number of ether oxygens (including phenoxy) is 1. The van der Waals surface area contributed by atoms with Crippen LogP contribution in [0.15, 0.2) is 18.2 Å². The van der Waals surface area contributed by atoms with E-state index in [-0.39, 0.29) is 18.4 Å². The van der Waals surface area contributed by atoms with Crippen molar-refractivity contribution in [3.05, 3.63) is 29.8 Å². The molecule has 0 saturated heterocycles. The topological polar surface area (TPSA) is 35.2 Å². The first kappa shape index (κ1) is 9.92. The second-order valence-electron chi connectivity index (χ2n) is 2.72. The van der Waals surface area contributed by atoms with Gasteiger partial charge in [0.05, 0.1) is 0 Å². The van der Waals surface area contributed by atoms with E-state index < -0.39 is 11.6 Å². The molecule has 2 N–H and O–H groups in total. The molecule has 0 aliphatic heterocycles. The highest BCUT2D eigenvalue weighted by atomic mass is 19.2. The van der Waals surface area contributed by atoms with Gasteiger partial charge in [-0.2, -0.15) is 4.39 Å². The predicted molar refractivity (Wildman–Crippen MR) is 45.5 cm³/mol. The lowest BCUT2D eigenvalue weighted by Crippen LogP contribution is -2.23. The van der Waals surface area contributed by atoms with Crippen LogP contribution >= 0.6 is 0 Å². The summed E-state index contributed by atoms with van der Waals surface area (Å²) >= 11 is 0. The Hall–Kier alpha value is -1.16. The zero-order valence-electron chi connectivity index (χ0n) is 7.26. The van der Waals surface area contributed by atoms with Crippen LogP contribution in [0.3, 0.4) is 0 Å². The molecule has 1 aromatic carbocycles. The van der Waals surface area contributed by atoms with E-state index in [1.54, 1.807) is 6.92 Å². The van der Waals surface area contributed by atoms with Crippen LogP contribution in [0.4, 0.5) is 8.78 Å². The number of benzene rings is 1. The smallest absolute Gasteiger partial charge is 0.200 e.